The largest absolute Gasteiger partial charge is 0.497 e. The zero-order chi connectivity index (χ0) is 57.9. The molecule has 8 aromatic carbocycles. The molecular formula is C80H89Cl2O2. The molecule has 0 aliphatic heterocycles. The first-order chi connectivity index (χ1) is 41.1. The average Bonchev–Trinajstić information content (AvgIpc) is 1.33. The SMILES string of the molecule is COc1cccc(C(Cc2ccc(Cl)cc2)[C](c2c(C3CCCCC3)c(C(C3CCCCC3)C3CCCCC3)c(C(C)c3ccccc3)c(OC)c2C(Cc2ccccc2)c2ccc(C)cc2)C(Cc2ccc(C)cc2)c2ccc(Cl)cc2)c1. The van der Waals surface area contributed by atoms with Crippen LogP contribution >= 0.6 is 23.2 Å². The number of benzene rings is 8. The molecule has 2 nitrogen and oxygen atoms in total. The number of ether oxygens (including phenoxy) is 2. The third kappa shape index (κ3) is 13.8. The van der Waals surface area contributed by atoms with E-state index in [2.05, 4.69) is 203 Å². The van der Waals surface area contributed by atoms with Crippen LogP contribution in [0.15, 0.2) is 182 Å². The molecule has 3 aliphatic rings. The van der Waals surface area contributed by atoms with Gasteiger partial charge in [0.1, 0.15) is 11.5 Å². The molecule has 1 radical (unpaired) electrons. The Bertz CT molecular complexity index is 3310. The predicted molar refractivity (Wildman–Crippen MR) is 354 cm³/mol. The van der Waals surface area contributed by atoms with Crippen molar-refractivity contribution in [2.24, 2.45) is 11.8 Å². The highest BCUT2D eigenvalue weighted by molar-refractivity contribution is 6.30. The summed E-state index contributed by atoms with van der Waals surface area (Å²) >= 11 is 13.9. The van der Waals surface area contributed by atoms with Crippen LogP contribution < -0.4 is 9.47 Å². The van der Waals surface area contributed by atoms with Crippen LogP contribution in [0.1, 0.15) is 217 Å². The lowest BCUT2D eigenvalue weighted by molar-refractivity contribution is 0.199. The van der Waals surface area contributed by atoms with Crippen molar-refractivity contribution in [3.63, 3.8) is 0 Å². The molecule has 3 aliphatic carbocycles. The van der Waals surface area contributed by atoms with E-state index in [4.69, 9.17) is 32.7 Å². The van der Waals surface area contributed by atoms with Crippen LogP contribution in [0.25, 0.3) is 0 Å². The van der Waals surface area contributed by atoms with Gasteiger partial charge in [-0.05, 0) is 199 Å². The molecular weight excluding hydrogens is 1060 g/mol. The van der Waals surface area contributed by atoms with Crippen molar-refractivity contribution >= 4 is 23.2 Å². The van der Waals surface area contributed by atoms with Crippen molar-refractivity contribution in [1.29, 1.82) is 0 Å². The Morgan fingerprint density at radius 3 is 1.48 bits per heavy atom. The van der Waals surface area contributed by atoms with Gasteiger partial charge in [0.15, 0.2) is 0 Å². The standard InChI is InChI=1S/C80H89Cl2O2/c1-54-34-38-58(39-35-54)51-70(62-44-48-68(82)49-45-62)76(72(52-59-40-46-67(81)47-41-59)66-32-21-33-69(53-66)83-4)79-75(65-30-19-10-20-31-65)78(74(63-26-15-8-16-27-63)64-28-17-9-18-29-64)73(56(3)60-24-13-7-14-25-60)80(84-5)77(79)71(50-57-22-11-6-12-23-57)61-42-36-55(2)37-43-61/h6-7,11-14,21-25,32-49,53,56,63-65,70-72,74H,8-10,15-20,26-31,50-52H2,1-5H3. The molecule has 0 N–H and O–H groups in total. The molecule has 4 atom stereocenters. The minimum atomic E-state index is -0.123. The van der Waals surface area contributed by atoms with Crippen LogP contribution in [0.2, 0.25) is 10.0 Å². The summed E-state index contributed by atoms with van der Waals surface area (Å²) in [5.74, 6) is 5.06. The van der Waals surface area contributed by atoms with E-state index in [0.29, 0.717) is 23.7 Å². The molecule has 4 unspecified atom stereocenters. The predicted octanol–water partition coefficient (Wildman–Crippen LogP) is 22.4. The molecule has 0 spiro atoms. The van der Waals surface area contributed by atoms with E-state index in [1.54, 1.807) is 11.1 Å². The smallest absolute Gasteiger partial charge is 0.127 e. The molecule has 0 amide bonds. The third-order valence-electron chi connectivity index (χ3n) is 20.0. The van der Waals surface area contributed by atoms with Gasteiger partial charge in [-0.25, -0.2) is 0 Å². The van der Waals surface area contributed by atoms with Crippen LogP contribution in [-0.4, -0.2) is 14.2 Å². The number of halogens is 2. The topological polar surface area (TPSA) is 18.5 Å². The number of aryl methyl sites for hydroxylation is 2. The van der Waals surface area contributed by atoms with Gasteiger partial charge in [-0.1, -0.05) is 245 Å². The van der Waals surface area contributed by atoms with E-state index in [1.807, 2.05) is 14.2 Å². The maximum Gasteiger partial charge on any atom is 0.127 e. The zero-order valence-electron chi connectivity index (χ0n) is 50.7. The number of methoxy groups -OCH3 is 2. The molecule has 8 aromatic rings. The maximum absolute atomic E-state index is 7.70. The normalized spacial score (nSPS) is 17.0. The highest BCUT2D eigenvalue weighted by Crippen LogP contribution is 2.61. The van der Waals surface area contributed by atoms with Gasteiger partial charge in [0, 0.05) is 38.9 Å². The van der Waals surface area contributed by atoms with Gasteiger partial charge in [0.2, 0.25) is 0 Å². The summed E-state index contributed by atoms with van der Waals surface area (Å²) in [5, 5.41) is 1.49. The van der Waals surface area contributed by atoms with Crippen molar-refractivity contribution in [3.05, 3.63) is 276 Å². The van der Waals surface area contributed by atoms with Crippen LogP contribution in [0.3, 0.4) is 0 Å². The Morgan fingerprint density at radius 2 is 0.917 bits per heavy atom. The summed E-state index contributed by atoms with van der Waals surface area (Å²) in [7, 11) is 3.86. The third-order valence-corrected chi connectivity index (χ3v) is 20.5. The van der Waals surface area contributed by atoms with Crippen LogP contribution in [-0.2, 0) is 19.3 Å². The summed E-state index contributed by atoms with van der Waals surface area (Å²) in [5.41, 5.74) is 19.2. The summed E-state index contributed by atoms with van der Waals surface area (Å²) in [4.78, 5) is 0. The van der Waals surface area contributed by atoms with E-state index in [0.717, 1.165) is 40.8 Å². The van der Waals surface area contributed by atoms with Crippen molar-refractivity contribution < 1.29 is 9.47 Å². The molecule has 0 bridgehead atoms. The summed E-state index contributed by atoms with van der Waals surface area (Å²) in [6, 6.07) is 68.7. The Hall–Kier alpha value is -6.06. The lowest BCUT2D eigenvalue weighted by atomic mass is 9.58. The van der Waals surface area contributed by atoms with Crippen molar-refractivity contribution in [3.8, 4) is 11.5 Å². The number of hydrogen-bond donors (Lipinski definition) is 0. The fourth-order valence-electron chi connectivity index (χ4n) is 15.8. The molecule has 435 valence electrons. The average molecular weight is 1150 g/mol. The van der Waals surface area contributed by atoms with Gasteiger partial charge in [0.25, 0.3) is 0 Å². The molecule has 4 heteroatoms. The minimum Gasteiger partial charge on any atom is -0.497 e. The van der Waals surface area contributed by atoms with Crippen molar-refractivity contribution in [2.75, 3.05) is 14.2 Å². The van der Waals surface area contributed by atoms with Gasteiger partial charge in [-0.2, -0.15) is 0 Å². The molecule has 3 saturated carbocycles. The van der Waals surface area contributed by atoms with Crippen LogP contribution in [0.5, 0.6) is 11.5 Å². The van der Waals surface area contributed by atoms with Gasteiger partial charge in [0.05, 0.1) is 14.2 Å². The van der Waals surface area contributed by atoms with Crippen LogP contribution in [0, 0.1) is 31.6 Å². The zero-order valence-corrected chi connectivity index (χ0v) is 52.3. The van der Waals surface area contributed by atoms with Gasteiger partial charge >= 0.3 is 0 Å². The minimum absolute atomic E-state index is 0.0580. The monoisotopic (exact) mass is 1150 g/mol. The van der Waals surface area contributed by atoms with Crippen LogP contribution in [0.4, 0.5) is 0 Å². The molecule has 3 fully saturated rings. The van der Waals surface area contributed by atoms with E-state index >= 15 is 0 Å². The fourth-order valence-corrected chi connectivity index (χ4v) is 16.1. The molecule has 0 saturated heterocycles. The summed E-state index contributed by atoms with van der Waals surface area (Å²) in [6.45, 7) is 6.99. The first-order valence-electron chi connectivity index (χ1n) is 32.1. The molecule has 11 rings (SSSR count). The second-order valence-electron chi connectivity index (χ2n) is 25.4. The quantitative estimate of drug-likeness (QED) is 0.0714. The van der Waals surface area contributed by atoms with E-state index in [-0.39, 0.29) is 23.7 Å². The summed E-state index contributed by atoms with van der Waals surface area (Å²) in [6.07, 6.45) is 21.4. The fraction of sp³-hybridized carbons (Fsp3) is 0.388. The van der Waals surface area contributed by atoms with Gasteiger partial charge in [-0.3, -0.25) is 0 Å². The molecule has 0 heterocycles. The van der Waals surface area contributed by atoms with Crippen molar-refractivity contribution in [1.82, 2.24) is 0 Å². The number of hydrogen-bond acceptors (Lipinski definition) is 2. The van der Waals surface area contributed by atoms with Gasteiger partial charge in [-0.15, -0.1) is 0 Å². The Kier molecular flexibility index (Phi) is 20.2. The highest BCUT2D eigenvalue weighted by Gasteiger charge is 2.47. The van der Waals surface area contributed by atoms with Gasteiger partial charge < -0.3 is 9.47 Å². The van der Waals surface area contributed by atoms with Crippen molar-refractivity contribution in [2.45, 2.75) is 172 Å². The second kappa shape index (κ2) is 28.4. The molecule has 0 aromatic heterocycles. The van der Waals surface area contributed by atoms with E-state index in [9.17, 15) is 0 Å². The van der Waals surface area contributed by atoms with E-state index in [1.165, 1.54) is 169 Å². The maximum atomic E-state index is 7.70. The lowest BCUT2D eigenvalue weighted by Crippen LogP contribution is -2.33. The second-order valence-corrected chi connectivity index (χ2v) is 26.3. The Balaban J connectivity index is 1.39. The molecule has 84 heavy (non-hydrogen) atoms. The highest BCUT2D eigenvalue weighted by atomic mass is 35.5. The first-order valence-corrected chi connectivity index (χ1v) is 32.9. The Morgan fingerprint density at radius 1 is 0.440 bits per heavy atom. The Labute approximate surface area is 514 Å². The lowest BCUT2D eigenvalue weighted by Gasteiger charge is -2.46. The first kappa shape index (κ1) is 59.7. The summed E-state index contributed by atoms with van der Waals surface area (Å²) < 4.78 is 14.0. The van der Waals surface area contributed by atoms with E-state index < -0.39 is 0 Å². The number of rotatable bonds is 21.